The quantitative estimate of drug-likeness (QED) is 0.421. The fourth-order valence-corrected chi connectivity index (χ4v) is 7.04. The van der Waals surface area contributed by atoms with Gasteiger partial charge in [0.05, 0.1) is 0 Å². The molecule has 0 saturated heterocycles. The lowest BCUT2D eigenvalue weighted by atomic mass is 9.77. The molecule has 4 aliphatic carbocycles. The zero-order valence-electron chi connectivity index (χ0n) is 21.9. The molecule has 1 heteroatoms. The molecule has 1 unspecified atom stereocenters. The number of hydrogen-bond acceptors (Lipinski definition) is 1. The molecule has 0 fully saturated rings. The highest BCUT2D eigenvalue weighted by molar-refractivity contribution is 6.14. The Morgan fingerprint density at radius 3 is 2.27 bits per heavy atom. The van der Waals surface area contributed by atoms with Crippen LogP contribution in [0.3, 0.4) is 0 Å². The van der Waals surface area contributed by atoms with Crippen LogP contribution in [0.1, 0.15) is 75.8 Å². The van der Waals surface area contributed by atoms with Crippen LogP contribution in [0.15, 0.2) is 94.2 Å². The highest BCUT2D eigenvalue weighted by atomic mass is 14.8. The molecule has 0 amide bonds. The van der Waals surface area contributed by atoms with Crippen molar-refractivity contribution in [3.8, 4) is 0 Å². The molecule has 37 heavy (non-hydrogen) atoms. The maximum absolute atomic E-state index is 5.05. The van der Waals surface area contributed by atoms with Crippen LogP contribution in [0.5, 0.6) is 0 Å². The molecule has 0 bridgehead atoms. The summed E-state index contributed by atoms with van der Waals surface area (Å²) in [4.78, 5) is 5.05. The van der Waals surface area contributed by atoms with Gasteiger partial charge in [-0.25, -0.2) is 0 Å². The molecule has 184 valence electrons. The van der Waals surface area contributed by atoms with Crippen molar-refractivity contribution in [1.29, 1.82) is 0 Å². The number of nitrogens with zero attached hydrogens (tertiary/aromatic N) is 1. The summed E-state index contributed by atoms with van der Waals surface area (Å²) >= 11 is 0. The molecule has 1 nitrogen and oxygen atoms in total. The maximum atomic E-state index is 5.05. The van der Waals surface area contributed by atoms with E-state index in [4.69, 9.17) is 4.99 Å². The minimum atomic E-state index is 0.736. The second-order valence-corrected chi connectivity index (χ2v) is 11.2. The number of benzene rings is 2. The van der Waals surface area contributed by atoms with Crippen LogP contribution in [0, 0.1) is 5.92 Å². The van der Waals surface area contributed by atoms with Crippen molar-refractivity contribution in [3.63, 3.8) is 0 Å². The van der Waals surface area contributed by atoms with E-state index in [1.807, 2.05) is 0 Å². The lowest BCUT2D eigenvalue weighted by Gasteiger charge is -2.28. The Morgan fingerprint density at radius 2 is 1.49 bits per heavy atom. The van der Waals surface area contributed by atoms with Crippen LogP contribution in [0.4, 0.5) is 0 Å². The van der Waals surface area contributed by atoms with E-state index >= 15 is 0 Å². The van der Waals surface area contributed by atoms with Gasteiger partial charge in [0.15, 0.2) is 0 Å². The Balaban J connectivity index is 1.37. The van der Waals surface area contributed by atoms with Gasteiger partial charge in [-0.2, -0.15) is 0 Å². The zero-order chi connectivity index (χ0) is 24.8. The van der Waals surface area contributed by atoms with Crippen molar-refractivity contribution < 1.29 is 0 Å². The number of fused-ring (bicyclic) bond motifs is 3. The number of allylic oxidation sites excluding steroid dienone is 12. The summed E-state index contributed by atoms with van der Waals surface area (Å²) < 4.78 is 0. The summed E-state index contributed by atoms with van der Waals surface area (Å²) in [7, 11) is 0. The summed E-state index contributed by atoms with van der Waals surface area (Å²) in [6.07, 6.45) is 31.8. The number of rotatable bonds is 3. The first-order valence-corrected chi connectivity index (χ1v) is 14.2. The summed E-state index contributed by atoms with van der Waals surface area (Å²) in [6, 6.07) is 9.08. The average molecular weight is 482 g/mol. The van der Waals surface area contributed by atoms with Crippen LogP contribution < -0.4 is 10.4 Å². The van der Waals surface area contributed by atoms with Gasteiger partial charge in [-0.15, -0.1) is 0 Å². The predicted octanol–water partition coefficient (Wildman–Crippen LogP) is 8.01. The van der Waals surface area contributed by atoms with Gasteiger partial charge < -0.3 is 0 Å². The van der Waals surface area contributed by atoms with E-state index in [0.29, 0.717) is 0 Å². The first-order chi connectivity index (χ1) is 18.3. The molecular formula is C36H35N. The molecule has 1 aliphatic heterocycles. The second kappa shape index (κ2) is 9.45. The lowest BCUT2D eigenvalue weighted by molar-refractivity contribution is 0.554. The van der Waals surface area contributed by atoms with Gasteiger partial charge in [0.25, 0.3) is 0 Å². The Kier molecular flexibility index (Phi) is 5.80. The SMILES string of the molecule is CC1=CCCC(c2c3c(c(C4=CC=C(C5=CC6=CC=CCC6CC5)CC4)c4ccccc24)=CCCC=3)=N1. The lowest BCUT2D eigenvalue weighted by Crippen LogP contribution is -2.36. The predicted molar refractivity (Wildman–Crippen MR) is 159 cm³/mol. The standard InChI is InChI=1S/C36H35N/c1-24-9-8-16-34(37-24)36-32-14-6-4-12-30(32)35(31-13-5-7-15-33(31)36)27-20-17-26(18-21-27)29-22-19-25-10-2-3-11-28(25)23-29/h2-4,6,9,11-15,17,20,23,25H,5,7-8,10,16,18-19,21-22H2,1H3. The monoisotopic (exact) mass is 481 g/mol. The highest BCUT2D eigenvalue weighted by Crippen LogP contribution is 2.39. The van der Waals surface area contributed by atoms with Crippen molar-refractivity contribution in [2.45, 2.75) is 64.7 Å². The summed E-state index contributed by atoms with van der Waals surface area (Å²) in [6.45, 7) is 2.14. The van der Waals surface area contributed by atoms with Crippen molar-refractivity contribution in [3.05, 3.63) is 111 Å². The molecular weight excluding hydrogens is 446 g/mol. The van der Waals surface area contributed by atoms with Gasteiger partial charge in [-0.3, -0.25) is 4.99 Å². The average Bonchev–Trinajstić information content (AvgIpc) is 2.95. The smallest absolute Gasteiger partial charge is 0.0494 e. The maximum Gasteiger partial charge on any atom is 0.0494 e. The molecule has 2 aromatic rings. The second-order valence-electron chi connectivity index (χ2n) is 11.2. The van der Waals surface area contributed by atoms with Gasteiger partial charge in [-0.1, -0.05) is 78.9 Å². The van der Waals surface area contributed by atoms with Crippen LogP contribution in [0.25, 0.3) is 28.5 Å². The molecule has 0 aromatic heterocycles. The third-order valence-corrected chi connectivity index (χ3v) is 8.88. The van der Waals surface area contributed by atoms with Crippen LogP contribution in [-0.2, 0) is 0 Å². The van der Waals surface area contributed by atoms with E-state index in [0.717, 1.165) is 50.1 Å². The first kappa shape index (κ1) is 22.7. The molecule has 0 N–H and O–H groups in total. The molecule has 1 atom stereocenters. The summed E-state index contributed by atoms with van der Waals surface area (Å²) in [5, 5.41) is 5.61. The van der Waals surface area contributed by atoms with Gasteiger partial charge in [0.1, 0.15) is 0 Å². The Bertz CT molecular complexity index is 1640. The van der Waals surface area contributed by atoms with E-state index in [1.165, 1.54) is 68.5 Å². The first-order valence-electron chi connectivity index (χ1n) is 14.2. The van der Waals surface area contributed by atoms with E-state index in [2.05, 4.69) is 85.9 Å². The molecule has 0 spiro atoms. The van der Waals surface area contributed by atoms with Crippen molar-refractivity contribution in [1.82, 2.24) is 0 Å². The Morgan fingerprint density at radius 1 is 0.730 bits per heavy atom. The molecule has 1 heterocycles. The van der Waals surface area contributed by atoms with E-state index in [-0.39, 0.29) is 0 Å². The highest BCUT2D eigenvalue weighted by Gasteiger charge is 2.24. The Labute approximate surface area is 220 Å². The largest absolute Gasteiger partial charge is 0.258 e. The van der Waals surface area contributed by atoms with Crippen LogP contribution in [-0.4, -0.2) is 5.71 Å². The Hall–Kier alpha value is -3.45. The van der Waals surface area contributed by atoms with Crippen LogP contribution >= 0.6 is 0 Å². The molecule has 5 aliphatic rings. The molecule has 7 rings (SSSR count). The summed E-state index contributed by atoms with van der Waals surface area (Å²) in [5.41, 5.74) is 11.4. The summed E-state index contributed by atoms with van der Waals surface area (Å²) in [5.74, 6) is 0.736. The van der Waals surface area contributed by atoms with Crippen molar-refractivity contribution >= 4 is 34.2 Å². The van der Waals surface area contributed by atoms with Gasteiger partial charge in [0, 0.05) is 17.0 Å². The molecule has 0 radical (unpaired) electrons. The van der Waals surface area contributed by atoms with E-state index in [1.54, 1.807) is 11.1 Å². The molecule has 2 aromatic carbocycles. The fraction of sp³-hybridized carbons (Fsp3) is 0.306. The minimum absolute atomic E-state index is 0.736. The zero-order valence-corrected chi connectivity index (χ0v) is 21.9. The van der Waals surface area contributed by atoms with E-state index < -0.39 is 0 Å². The third kappa shape index (κ3) is 4.06. The fourth-order valence-electron chi connectivity index (χ4n) is 7.04. The van der Waals surface area contributed by atoms with Crippen molar-refractivity contribution in [2.75, 3.05) is 0 Å². The third-order valence-electron chi connectivity index (χ3n) is 8.88. The number of hydrogen-bond donors (Lipinski definition) is 0. The minimum Gasteiger partial charge on any atom is -0.258 e. The molecule has 0 saturated carbocycles. The van der Waals surface area contributed by atoms with E-state index in [9.17, 15) is 0 Å². The van der Waals surface area contributed by atoms with Gasteiger partial charge >= 0.3 is 0 Å². The normalized spacial score (nSPS) is 22.8. The van der Waals surface area contributed by atoms with Crippen LogP contribution in [0.2, 0.25) is 0 Å². The number of aliphatic imine (C=N–C) groups is 1. The van der Waals surface area contributed by atoms with Gasteiger partial charge in [0.2, 0.25) is 0 Å². The van der Waals surface area contributed by atoms with Crippen molar-refractivity contribution in [2.24, 2.45) is 10.9 Å². The van der Waals surface area contributed by atoms with Gasteiger partial charge in [-0.05, 0) is 120 Å². The topological polar surface area (TPSA) is 12.4 Å².